The van der Waals surface area contributed by atoms with E-state index in [1.165, 1.54) is 30.3 Å². The molecule has 4 aromatic rings. The number of hydrogen-bond acceptors (Lipinski definition) is 6. The van der Waals surface area contributed by atoms with Crippen LogP contribution >= 0.6 is 0 Å². The van der Waals surface area contributed by atoms with Crippen molar-refractivity contribution in [2.24, 2.45) is 0 Å². The smallest absolute Gasteiger partial charge is 0.412 e. The number of carboxylic acids is 1. The number of rotatable bonds is 7. The number of hydrogen-bond donors (Lipinski definition) is 2. The van der Waals surface area contributed by atoms with Crippen LogP contribution in [0.2, 0.25) is 0 Å². The van der Waals surface area contributed by atoms with E-state index in [2.05, 4.69) is 5.32 Å². The van der Waals surface area contributed by atoms with Crippen molar-refractivity contribution in [1.82, 2.24) is 4.57 Å². The molecule has 2 N–H and O–H groups in total. The van der Waals surface area contributed by atoms with Gasteiger partial charge in [-0.1, -0.05) is 60.7 Å². The summed E-state index contributed by atoms with van der Waals surface area (Å²) < 4.78 is 29.8. The molecule has 0 aliphatic rings. The molecule has 4 rings (SSSR count). The number of carbonyl (C=O) groups is 2. The van der Waals surface area contributed by atoms with Crippen LogP contribution in [0.15, 0.2) is 88.6 Å². The fourth-order valence-corrected chi connectivity index (χ4v) is 4.41. The molecule has 0 radical (unpaired) electrons. The van der Waals surface area contributed by atoms with E-state index in [-0.39, 0.29) is 34.5 Å². The van der Waals surface area contributed by atoms with Crippen LogP contribution in [0.1, 0.15) is 21.6 Å². The predicted molar refractivity (Wildman–Crippen MR) is 134 cm³/mol. The summed E-state index contributed by atoms with van der Waals surface area (Å²) in [5.41, 5.74) is 0.169. The van der Waals surface area contributed by atoms with Crippen LogP contribution in [0.4, 0.5) is 10.5 Å². The number of nitrogens with one attached hydrogen (secondary N) is 1. The van der Waals surface area contributed by atoms with Gasteiger partial charge in [-0.3, -0.25) is 14.7 Å². The van der Waals surface area contributed by atoms with Crippen molar-refractivity contribution in [3.63, 3.8) is 0 Å². The van der Waals surface area contributed by atoms with Crippen LogP contribution in [-0.4, -0.2) is 36.4 Å². The highest BCUT2D eigenvalue weighted by Crippen LogP contribution is 2.26. The predicted octanol–water partition coefficient (Wildman–Crippen LogP) is 3.90. The van der Waals surface area contributed by atoms with Gasteiger partial charge in [-0.2, -0.15) is 0 Å². The number of benzene rings is 3. The molecule has 3 aromatic carbocycles. The zero-order valence-electron chi connectivity index (χ0n) is 19.2. The number of nitrogens with zero attached hydrogens (tertiary/aromatic N) is 1. The normalized spacial score (nSPS) is 11.2. The first-order valence-corrected chi connectivity index (χ1v) is 12.7. The van der Waals surface area contributed by atoms with Crippen LogP contribution in [-0.2, 0) is 27.7 Å². The summed E-state index contributed by atoms with van der Waals surface area (Å²) in [6.07, 6.45) is 0.196. The Hall–Kier alpha value is -4.44. The molecule has 0 saturated carbocycles. The molecule has 9 nitrogen and oxygen atoms in total. The van der Waals surface area contributed by atoms with Gasteiger partial charge in [-0.15, -0.1) is 0 Å². The third kappa shape index (κ3) is 5.28. The van der Waals surface area contributed by atoms with Gasteiger partial charge in [0.15, 0.2) is 15.5 Å². The van der Waals surface area contributed by atoms with Crippen molar-refractivity contribution in [2.45, 2.75) is 18.0 Å². The van der Waals surface area contributed by atoms with Crippen molar-refractivity contribution in [1.29, 1.82) is 0 Å². The number of ether oxygens (including phenoxy) is 1. The maximum absolute atomic E-state index is 13.3. The number of aromatic nitrogens is 1. The van der Waals surface area contributed by atoms with Crippen LogP contribution in [0, 0.1) is 0 Å². The molecular formula is C26H22N2O7S. The summed E-state index contributed by atoms with van der Waals surface area (Å²) in [6, 6.07) is 21.1. The summed E-state index contributed by atoms with van der Waals surface area (Å²) in [4.78, 5) is 38.4. The van der Waals surface area contributed by atoms with Crippen molar-refractivity contribution >= 4 is 38.4 Å². The van der Waals surface area contributed by atoms with Crippen LogP contribution in [0.25, 0.3) is 10.8 Å². The van der Waals surface area contributed by atoms with Gasteiger partial charge < -0.3 is 9.84 Å². The van der Waals surface area contributed by atoms with E-state index in [0.29, 0.717) is 5.56 Å². The van der Waals surface area contributed by atoms with E-state index in [1.807, 2.05) is 6.07 Å². The minimum Gasteiger partial charge on any atom is -0.477 e. The zero-order chi connectivity index (χ0) is 25.9. The largest absolute Gasteiger partial charge is 0.477 e. The lowest BCUT2D eigenvalue weighted by molar-refractivity contribution is 0.0685. The van der Waals surface area contributed by atoms with Gasteiger partial charge in [0.25, 0.3) is 5.56 Å². The molecule has 0 unspecified atom stereocenters. The number of anilines is 1. The summed E-state index contributed by atoms with van der Waals surface area (Å²) >= 11 is 0. The van der Waals surface area contributed by atoms with E-state index >= 15 is 0 Å². The third-order valence-electron chi connectivity index (χ3n) is 5.51. The molecule has 0 fully saturated rings. The maximum Gasteiger partial charge on any atom is 0.412 e. The highest BCUT2D eigenvalue weighted by atomic mass is 32.2. The van der Waals surface area contributed by atoms with Crippen molar-refractivity contribution in [2.75, 3.05) is 11.6 Å². The lowest BCUT2D eigenvalue weighted by Gasteiger charge is -2.18. The fraction of sp³-hybridized carbons (Fsp3) is 0.115. The highest BCUT2D eigenvalue weighted by molar-refractivity contribution is 7.90. The number of amides is 1. The first-order chi connectivity index (χ1) is 17.1. The first kappa shape index (κ1) is 24.7. The number of pyridine rings is 1. The van der Waals surface area contributed by atoms with Gasteiger partial charge in [0.1, 0.15) is 6.61 Å². The van der Waals surface area contributed by atoms with Gasteiger partial charge in [0, 0.05) is 17.0 Å². The lowest BCUT2D eigenvalue weighted by atomic mass is 10.1. The Morgan fingerprint density at radius 2 is 1.50 bits per heavy atom. The quantitative estimate of drug-likeness (QED) is 0.389. The average molecular weight is 507 g/mol. The average Bonchev–Trinajstić information content (AvgIpc) is 2.86. The lowest BCUT2D eigenvalue weighted by Crippen LogP contribution is -2.29. The molecule has 36 heavy (non-hydrogen) atoms. The first-order valence-electron chi connectivity index (χ1n) is 10.8. The Labute approximate surface area is 206 Å². The topological polar surface area (TPSA) is 132 Å². The van der Waals surface area contributed by atoms with Crippen LogP contribution in [0.3, 0.4) is 0 Å². The number of carboxylic acid groups (broad SMARTS) is 1. The maximum atomic E-state index is 13.3. The second-order valence-electron chi connectivity index (χ2n) is 8.07. The molecule has 0 aliphatic carbocycles. The standard InChI is InChI=1S/C26H22N2O7S/c1-36(33,34)19-13-11-17(12-14-19)15-28-23(25(30)31)22(20-9-5-6-10-21(20)24(28)29)27-26(32)35-16-18-7-3-2-4-8-18/h2-14H,15-16H2,1H3,(H,27,32)(H,30,31). The molecular weight excluding hydrogens is 484 g/mol. The van der Waals surface area contributed by atoms with E-state index in [4.69, 9.17) is 4.74 Å². The minimum absolute atomic E-state index is 0.0284. The number of sulfone groups is 1. The third-order valence-corrected chi connectivity index (χ3v) is 6.64. The molecule has 10 heteroatoms. The van der Waals surface area contributed by atoms with E-state index < -0.39 is 33.2 Å². The molecule has 184 valence electrons. The van der Waals surface area contributed by atoms with E-state index in [0.717, 1.165) is 16.4 Å². The van der Waals surface area contributed by atoms with Gasteiger partial charge in [0.05, 0.1) is 17.1 Å². The monoisotopic (exact) mass is 506 g/mol. The summed E-state index contributed by atoms with van der Waals surface area (Å²) in [5.74, 6) is -1.43. The fourth-order valence-electron chi connectivity index (χ4n) is 3.78. The molecule has 0 saturated heterocycles. The second kappa shape index (κ2) is 10.0. The van der Waals surface area contributed by atoms with Crippen LogP contribution in [0.5, 0.6) is 0 Å². The minimum atomic E-state index is -3.42. The second-order valence-corrected chi connectivity index (χ2v) is 10.1. The molecule has 1 amide bonds. The Morgan fingerprint density at radius 1 is 0.889 bits per heavy atom. The van der Waals surface area contributed by atoms with Gasteiger partial charge in [0.2, 0.25) is 0 Å². The molecule has 0 atom stereocenters. The molecule has 1 aromatic heterocycles. The van der Waals surface area contributed by atoms with Crippen molar-refractivity contribution in [3.8, 4) is 0 Å². The van der Waals surface area contributed by atoms with Gasteiger partial charge in [-0.05, 0) is 29.3 Å². The number of carbonyl (C=O) groups excluding carboxylic acids is 1. The van der Waals surface area contributed by atoms with Gasteiger partial charge >= 0.3 is 12.1 Å². The Bertz CT molecular complexity index is 1610. The summed E-state index contributed by atoms with van der Waals surface area (Å²) in [5, 5.41) is 13.0. The number of aromatic carboxylic acids is 1. The van der Waals surface area contributed by atoms with E-state index in [1.54, 1.807) is 42.5 Å². The highest BCUT2D eigenvalue weighted by Gasteiger charge is 2.24. The van der Waals surface area contributed by atoms with Gasteiger partial charge in [-0.25, -0.2) is 18.0 Å². The van der Waals surface area contributed by atoms with Crippen molar-refractivity contribution in [3.05, 3.63) is 106 Å². The SMILES string of the molecule is CS(=O)(=O)c1ccc(Cn2c(C(=O)O)c(NC(=O)OCc3ccccc3)c3ccccc3c2=O)cc1. The summed E-state index contributed by atoms with van der Waals surface area (Å²) in [6.45, 7) is -0.192. The van der Waals surface area contributed by atoms with E-state index in [9.17, 15) is 27.9 Å². The molecule has 0 aliphatic heterocycles. The Morgan fingerprint density at radius 3 is 2.11 bits per heavy atom. The number of fused-ring (bicyclic) bond motifs is 1. The Balaban J connectivity index is 1.76. The molecule has 0 spiro atoms. The Kier molecular flexibility index (Phi) is 6.89. The van der Waals surface area contributed by atoms with Crippen molar-refractivity contribution < 1.29 is 27.9 Å². The zero-order valence-corrected chi connectivity index (χ0v) is 20.0. The summed E-state index contributed by atoms with van der Waals surface area (Å²) in [7, 11) is -3.42. The van der Waals surface area contributed by atoms with Crippen LogP contribution < -0.4 is 10.9 Å². The molecule has 0 bridgehead atoms. The molecule has 1 heterocycles.